The van der Waals surface area contributed by atoms with Gasteiger partial charge in [-0.15, -0.1) is 0 Å². The molecule has 178 valence electrons. The molecular formula is C27H23NO7. The van der Waals surface area contributed by atoms with Crippen molar-refractivity contribution in [3.05, 3.63) is 101 Å². The Morgan fingerprint density at radius 1 is 0.943 bits per heavy atom. The molecule has 1 amide bonds. The van der Waals surface area contributed by atoms with E-state index in [0.717, 1.165) is 5.56 Å². The van der Waals surface area contributed by atoms with Crippen LogP contribution in [0.15, 0.2) is 94.3 Å². The summed E-state index contributed by atoms with van der Waals surface area (Å²) in [5.74, 6) is -0.149. The number of carbonyl (C=O) groups is 2. The second-order valence-corrected chi connectivity index (χ2v) is 7.62. The predicted octanol–water partition coefficient (Wildman–Crippen LogP) is 3.86. The van der Waals surface area contributed by atoms with Crippen LogP contribution in [0.3, 0.4) is 0 Å². The molecule has 0 unspecified atom stereocenters. The molecule has 3 aromatic carbocycles. The van der Waals surface area contributed by atoms with Crippen molar-refractivity contribution >= 4 is 22.8 Å². The van der Waals surface area contributed by atoms with Crippen LogP contribution in [0.4, 0.5) is 0 Å². The molecule has 1 aromatic heterocycles. The molecule has 1 N–H and O–H groups in total. The van der Waals surface area contributed by atoms with Crippen molar-refractivity contribution in [3.8, 4) is 17.2 Å². The Morgan fingerprint density at radius 2 is 1.66 bits per heavy atom. The van der Waals surface area contributed by atoms with Crippen LogP contribution < -0.4 is 20.2 Å². The fraction of sp³-hybridized carbons (Fsp3) is 0.148. The Hall–Kier alpha value is -4.59. The van der Waals surface area contributed by atoms with Gasteiger partial charge in [0.25, 0.3) is 5.91 Å². The highest BCUT2D eigenvalue weighted by atomic mass is 16.5. The zero-order valence-corrected chi connectivity index (χ0v) is 18.9. The van der Waals surface area contributed by atoms with E-state index >= 15 is 0 Å². The SMILES string of the molecule is COC(=O)[C@H](Cc1ccccc1)NC(=O)COc1ccc2c(=O)c(Oc3ccccc3)coc2c1. The van der Waals surface area contributed by atoms with E-state index in [1.54, 1.807) is 36.4 Å². The highest BCUT2D eigenvalue weighted by Gasteiger charge is 2.22. The highest BCUT2D eigenvalue weighted by Crippen LogP contribution is 2.24. The largest absolute Gasteiger partial charge is 0.484 e. The summed E-state index contributed by atoms with van der Waals surface area (Å²) in [5, 5.41) is 2.94. The summed E-state index contributed by atoms with van der Waals surface area (Å²) >= 11 is 0. The van der Waals surface area contributed by atoms with E-state index in [4.69, 9.17) is 18.6 Å². The van der Waals surface area contributed by atoms with Gasteiger partial charge in [-0.25, -0.2) is 4.79 Å². The van der Waals surface area contributed by atoms with E-state index < -0.39 is 17.9 Å². The molecule has 0 aliphatic heterocycles. The van der Waals surface area contributed by atoms with Gasteiger partial charge in [0, 0.05) is 12.5 Å². The third-order valence-corrected chi connectivity index (χ3v) is 5.16. The van der Waals surface area contributed by atoms with Crippen LogP contribution in [0.5, 0.6) is 17.2 Å². The van der Waals surface area contributed by atoms with Crippen LogP contribution in [0.1, 0.15) is 5.56 Å². The van der Waals surface area contributed by atoms with Crippen molar-refractivity contribution in [3.63, 3.8) is 0 Å². The topological polar surface area (TPSA) is 104 Å². The smallest absolute Gasteiger partial charge is 0.328 e. The first-order chi connectivity index (χ1) is 17.0. The number of fused-ring (bicyclic) bond motifs is 1. The molecule has 8 nitrogen and oxygen atoms in total. The lowest BCUT2D eigenvalue weighted by molar-refractivity contribution is -0.145. The number of nitrogens with one attached hydrogen (secondary N) is 1. The molecule has 0 saturated heterocycles. The van der Waals surface area contributed by atoms with Crippen molar-refractivity contribution in [1.82, 2.24) is 5.32 Å². The molecule has 1 atom stereocenters. The predicted molar refractivity (Wildman–Crippen MR) is 129 cm³/mol. The van der Waals surface area contributed by atoms with Crippen LogP contribution in [-0.4, -0.2) is 31.6 Å². The van der Waals surface area contributed by atoms with Gasteiger partial charge in [-0.05, 0) is 29.8 Å². The lowest BCUT2D eigenvalue weighted by Crippen LogP contribution is -2.44. The molecule has 1 heterocycles. The van der Waals surface area contributed by atoms with E-state index in [1.807, 2.05) is 36.4 Å². The van der Waals surface area contributed by atoms with E-state index in [9.17, 15) is 14.4 Å². The molecule has 4 rings (SSSR count). The molecule has 35 heavy (non-hydrogen) atoms. The monoisotopic (exact) mass is 473 g/mol. The van der Waals surface area contributed by atoms with E-state index in [2.05, 4.69) is 5.32 Å². The van der Waals surface area contributed by atoms with E-state index in [0.29, 0.717) is 16.9 Å². The summed E-state index contributed by atoms with van der Waals surface area (Å²) in [6.07, 6.45) is 1.52. The van der Waals surface area contributed by atoms with Crippen LogP contribution in [0, 0.1) is 0 Å². The van der Waals surface area contributed by atoms with Crippen molar-refractivity contribution in [2.75, 3.05) is 13.7 Å². The molecule has 0 bridgehead atoms. The van der Waals surface area contributed by atoms with Gasteiger partial charge >= 0.3 is 5.97 Å². The molecule has 0 spiro atoms. The second-order valence-electron chi connectivity index (χ2n) is 7.62. The average Bonchev–Trinajstić information content (AvgIpc) is 2.89. The van der Waals surface area contributed by atoms with Gasteiger partial charge in [0.15, 0.2) is 6.61 Å². The first kappa shape index (κ1) is 23.6. The van der Waals surface area contributed by atoms with Gasteiger partial charge in [-0.2, -0.15) is 0 Å². The molecule has 0 radical (unpaired) electrons. The molecule has 8 heteroatoms. The molecule has 4 aromatic rings. The summed E-state index contributed by atoms with van der Waals surface area (Å²) in [5.41, 5.74) is 0.829. The Labute approximate surface area is 201 Å². The quantitative estimate of drug-likeness (QED) is 0.368. The lowest BCUT2D eigenvalue weighted by atomic mass is 10.1. The Balaban J connectivity index is 1.40. The minimum Gasteiger partial charge on any atom is -0.484 e. The van der Waals surface area contributed by atoms with Crippen molar-refractivity contribution in [1.29, 1.82) is 0 Å². The molecular weight excluding hydrogens is 450 g/mol. The first-order valence-electron chi connectivity index (χ1n) is 10.9. The molecule has 0 aliphatic rings. The van der Waals surface area contributed by atoms with Gasteiger partial charge in [-0.1, -0.05) is 48.5 Å². The average molecular weight is 473 g/mol. The van der Waals surface area contributed by atoms with Gasteiger partial charge < -0.3 is 23.9 Å². The number of esters is 1. The maximum atomic E-state index is 12.7. The fourth-order valence-electron chi connectivity index (χ4n) is 3.44. The molecule has 0 fully saturated rings. The van der Waals surface area contributed by atoms with Crippen molar-refractivity contribution < 1.29 is 28.2 Å². The van der Waals surface area contributed by atoms with Crippen molar-refractivity contribution in [2.45, 2.75) is 12.5 Å². The number of ether oxygens (including phenoxy) is 3. The van der Waals surface area contributed by atoms with Gasteiger partial charge in [0.05, 0.1) is 12.5 Å². The van der Waals surface area contributed by atoms with Crippen LogP contribution in [0.2, 0.25) is 0 Å². The first-order valence-corrected chi connectivity index (χ1v) is 10.9. The van der Waals surface area contributed by atoms with E-state index in [1.165, 1.54) is 19.4 Å². The molecule has 0 saturated carbocycles. The zero-order valence-electron chi connectivity index (χ0n) is 18.9. The third kappa shape index (κ3) is 6.05. The second kappa shape index (κ2) is 11.0. The highest BCUT2D eigenvalue weighted by molar-refractivity contribution is 5.85. The molecule has 0 aliphatic carbocycles. The number of hydrogen-bond donors (Lipinski definition) is 1. The van der Waals surface area contributed by atoms with Gasteiger partial charge in [-0.3, -0.25) is 9.59 Å². The fourth-order valence-corrected chi connectivity index (χ4v) is 3.44. The van der Waals surface area contributed by atoms with Crippen LogP contribution in [0.25, 0.3) is 11.0 Å². The van der Waals surface area contributed by atoms with E-state index in [-0.39, 0.29) is 29.8 Å². The minimum atomic E-state index is -0.851. The van der Waals surface area contributed by atoms with Crippen molar-refractivity contribution in [2.24, 2.45) is 0 Å². The lowest BCUT2D eigenvalue weighted by Gasteiger charge is -2.17. The van der Waals surface area contributed by atoms with Crippen LogP contribution >= 0.6 is 0 Å². The number of rotatable bonds is 9. The Kier molecular flexibility index (Phi) is 7.42. The number of benzene rings is 3. The summed E-state index contributed by atoms with van der Waals surface area (Å²) in [7, 11) is 1.27. The maximum absolute atomic E-state index is 12.7. The number of carbonyl (C=O) groups excluding carboxylic acids is 2. The summed E-state index contributed by atoms with van der Waals surface area (Å²) in [6.45, 7) is -0.340. The van der Waals surface area contributed by atoms with Gasteiger partial charge in [0.1, 0.15) is 29.4 Å². The Bertz CT molecular complexity index is 1370. The summed E-state index contributed by atoms with van der Waals surface area (Å²) < 4.78 is 21.5. The normalized spacial score (nSPS) is 11.5. The zero-order chi connectivity index (χ0) is 24.6. The number of hydrogen-bond acceptors (Lipinski definition) is 7. The number of para-hydroxylation sites is 1. The number of methoxy groups -OCH3 is 1. The summed E-state index contributed by atoms with van der Waals surface area (Å²) in [4.78, 5) is 37.3. The minimum absolute atomic E-state index is 0.0593. The standard InChI is InChI=1S/C27H23NO7/c1-32-27(31)22(14-18-8-4-2-5-9-18)28-25(29)17-33-20-12-13-21-23(15-20)34-16-24(26(21)30)35-19-10-6-3-7-11-19/h2-13,15-16,22H,14,17H2,1H3,(H,28,29)/t22-/m0/s1. The Morgan fingerprint density at radius 3 is 2.37 bits per heavy atom. The van der Waals surface area contributed by atoms with Gasteiger partial charge in [0.2, 0.25) is 11.2 Å². The summed E-state index contributed by atoms with van der Waals surface area (Å²) in [6, 6.07) is 21.9. The maximum Gasteiger partial charge on any atom is 0.328 e. The third-order valence-electron chi connectivity index (χ3n) is 5.16. The number of amides is 1. The van der Waals surface area contributed by atoms with Crippen LogP contribution in [-0.2, 0) is 20.7 Å².